The van der Waals surface area contributed by atoms with Crippen LogP contribution < -0.4 is 5.73 Å². The van der Waals surface area contributed by atoms with Gasteiger partial charge in [0, 0.05) is 0 Å². The first-order valence-corrected chi connectivity index (χ1v) is 3.54. The number of aliphatic hydroxyl groups excluding tert-OH is 3. The van der Waals surface area contributed by atoms with Crippen molar-refractivity contribution < 1.29 is 20.1 Å². The van der Waals surface area contributed by atoms with Gasteiger partial charge in [0.25, 0.3) is 0 Å². The van der Waals surface area contributed by atoms with Gasteiger partial charge in [-0.15, -0.1) is 12.4 Å². The molecule has 6 N–H and O–H groups in total. The van der Waals surface area contributed by atoms with Crippen molar-refractivity contribution in [3.8, 4) is 0 Å². The predicted molar refractivity (Wildman–Crippen MR) is 46.9 cm³/mol. The Balaban J connectivity index is 0.00000144. The van der Waals surface area contributed by atoms with Crippen LogP contribution in [0.1, 0.15) is 0 Å². The fourth-order valence-corrected chi connectivity index (χ4v) is 1.16. The van der Waals surface area contributed by atoms with Gasteiger partial charge in [-0.05, 0) is 0 Å². The van der Waals surface area contributed by atoms with E-state index in [1.165, 1.54) is 0 Å². The minimum Gasteiger partial charge on any atom is -0.394 e. The lowest BCUT2D eigenvalue weighted by atomic mass is 10.1. The Hall–Kier alpha value is -0.400. The monoisotopic (exact) mass is 212 g/mol. The first-order valence-electron chi connectivity index (χ1n) is 3.54. The molecule has 0 aromatic rings. The van der Waals surface area contributed by atoms with Gasteiger partial charge in [0.15, 0.2) is 0 Å². The number of nitrogens with two attached hydrogens (primary N) is 1. The van der Waals surface area contributed by atoms with Crippen molar-refractivity contribution in [1.29, 1.82) is 5.41 Å². The fraction of sp³-hybridized carbons (Fsp3) is 0.833. The number of halogens is 1. The van der Waals surface area contributed by atoms with Crippen LogP contribution in [-0.2, 0) is 4.74 Å². The Bertz CT molecular complexity index is 191. The number of nitrogens with one attached hydrogen (secondary N) is 1. The third-order valence-corrected chi connectivity index (χ3v) is 1.85. The van der Waals surface area contributed by atoms with Crippen LogP contribution in [0.5, 0.6) is 0 Å². The van der Waals surface area contributed by atoms with E-state index in [1.807, 2.05) is 0 Å². The average Bonchev–Trinajstić information content (AvgIpc) is 2.30. The number of aliphatic hydroxyl groups is 3. The summed E-state index contributed by atoms with van der Waals surface area (Å²) in [7, 11) is 0. The van der Waals surface area contributed by atoms with Gasteiger partial charge in [0.2, 0.25) is 0 Å². The highest BCUT2D eigenvalue weighted by Gasteiger charge is 2.43. The van der Waals surface area contributed by atoms with Crippen molar-refractivity contribution in [2.75, 3.05) is 6.61 Å². The summed E-state index contributed by atoms with van der Waals surface area (Å²) in [5, 5.41) is 34.0. The van der Waals surface area contributed by atoms with E-state index in [1.54, 1.807) is 0 Å². The van der Waals surface area contributed by atoms with Gasteiger partial charge in [-0.2, -0.15) is 0 Å². The molecule has 1 aliphatic heterocycles. The smallest absolute Gasteiger partial charge is 0.143 e. The van der Waals surface area contributed by atoms with Gasteiger partial charge in [-0.1, -0.05) is 0 Å². The molecule has 0 aromatic heterocycles. The van der Waals surface area contributed by atoms with Gasteiger partial charge >= 0.3 is 0 Å². The Morgan fingerprint density at radius 3 is 2.15 bits per heavy atom. The second-order valence-electron chi connectivity index (χ2n) is 2.71. The molecule has 7 heteroatoms. The van der Waals surface area contributed by atoms with E-state index in [2.05, 4.69) is 0 Å². The maximum absolute atomic E-state index is 9.22. The standard InChI is InChI=1S/C6H12N2O4.ClH/c7-6(8)5-4(11)3(10)2(1-9)12-5;/h2-5,9-11H,1H2,(H3,7,8);1H/t2-,3-,4-,5-;/m1./s1. The van der Waals surface area contributed by atoms with E-state index < -0.39 is 31.0 Å². The summed E-state index contributed by atoms with van der Waals surface area (Å²) in [4.78, 5) is 0. The highest BCUT2D eigenvalue weighted by molar-refractivity contribution is 5.85. The van der Waals surface area contributed by atoms with E-state index in [4.69, 9.17) is 21.0 Å². The van der Waals surface area contributed by atoms with Crippen molar-refractivity contribution >= 4 is 18.2 Å². The van der Waals surface area contributed by atoms with E-state index >= 15 is 0 Å². The first-order chi connectivity index (χ1) is 5.57. The number of ether oxygens (including phenoxy) is 1. The van der Waals surface area contributed by atoms with Crippen LogP contribution >= 0.6 is 12.4 Å². The summed E-state index contributed by atoms with van der Waals surface area (Å²) in [6.07, 6.45) is -4.26. The van der Waals surface area contributed by atoms with Gasteiger partial charge in [-0.25, -0.2) is 0 Å². The molecule has 1 saturated heterocycles. The molecule has 13 heavy (non-hydrogen) atoms. The van der Waals surface area contributed by atoms with Gasteiger partial charge in [0.1, 0.15) is 30.3 Å². The lowest BCUT2D eigenvalue weighted by molar-refractivity contribution is -0.0102. The minimum absolute atomic E-state index is 0. The molecule has 4 atom stereocenters. The molecule has 0 bridgehead atoms. The number of hydrogen-bond acceptors (Lipinski definition) is 5. The van der Waals surface area contributed by atoms with Gasteiger partial charge < -0.3 is 25.8 Å². The molecule has 0 spiro atoms. The number of amidine groups is 1. The predicted octanol–water partition coefficient (Wildman–Crippen LogP) is -2.17. The molecule has 0 aliphatic carbocycles. The van der Waals surface area contributed by atoms with E-state index in [-0.39, 0.29) is 18.2 Å². The van der Waals surface area contributed by atoms with Crippen LogP contribution in [0, 0.1) is 5.41 Å². The van der Waals surface area contributed by atoms with E-state index in [0.717, 1.165) is 0 Å². The summed E-state index contributed by atoms with van der Waals surface area (Å²) in [6, 6.07) is 0. The summed E-state index contributed by atoms with van der Waals surface area (Å²) in [6.45, 7) is -0.401. The van der Waals surface area contributed by atoms with Crippen molar-refractivity contribution in [3.63, 3.8) is 0 Å². The maximum atomic E-state index is 9.22. The molecule has 0 unspecified atom stereocenters. The van der Waals surface area contributed by atoms with Crippen LogP contribution in [0.15, 0.2) is 0 Å². The SMILES string of the molecule is Cl.N=C(N)[C@@H]1O[C@H](CO)[C@@H](O)[C@H]1O. The molecule has 78 valence electrons. The van der Waals surface area contributed by atoms with Crippen LogP contribution in [0.4, 0.5) is 0 Å². The largest absolute Gasteiger partial charge is 0.394 e. The van der Waals surface area contributed by atoms with Crippen LogP contribution in [0.2, 0.25) is 0 Å². The molecule has 1 fully saturated rings. The minimum atomic E-state index is -1.22. The Morgan fingerprint density at radius 1 is 1.38 bits per heavy atom. The van der Waals surface area contributed by atoms with Crippen molar-refractivity contribution in [2.45, 2.75) is 24.4 Å². The summed E-state index contributed by atoms with van der Waals surface area (Å²) in [5.74, 6) is -0.350. The zero-order valence-electron chi connectivity index (χ0n) is 6.75. The van der Waals surface area contributed by atoms with Gasteiger partial charge in [-0.3, -0.25) is 5.41 Å². The Labute approximate surface area is 81.2 Å². The topological polar surface area (TPSA) is 120 Å². The second kappa shape index (κ2) is 4.73. The lowest BCUT2D eigenvalue weighted by Crippen LogP contribution is -2.39. The van der Waals surface area contributed by atoms with E-state index in [9.17, 15) is 10.2 Å². The highest BCUT2D eigenvalue weighted by atomic mass is 35.5. The summed E-state index contributed by atoms with van der Waals surface area (Å²) < 4.78 is 4.90. The van der Waals surface area contributed by atoms with Crippen molar-refractivity contribution in [1.82, 2.24) is 0 Å². The Morgan fingerprint density at radius 2 is 1.92 bits per heavy atom. The molecule has 0 amide bonds. The first kappa shape index (κ1) is 12.6. The quantitative estimate of drug-likeness (QED) is 0.264. The normalized spacial score (nSPS) is 38.4. The zero-order valence-corrected chi connectivity index (χ0v) is 7.57. The second-order valence-corrected chi connectivity index (χ2v) is 2.71. The molecule has 1 aliphatic rings. The molecular formula is C6H13ClN2O4. The highest BCUT2D eigenvalue weighted by Crippen LogP contribution is 2.20. The molecule has 1 heterocycles. The number of hydrogen-bond donors (Lipinski definition) is 5. The molecular weight excluding hydrogens is 200 g/mol. The van der Waals surface area contributed by atoms with Crippen molar-refractivity contribution in [2.24, 2.45) is 5.73 Å². The zero-order chi connectivity index (χ0) is 9.30. The number of rotatable bonds is 2. The van der Waals surface area contributed by atoms with E-state index in [0.29, 0.717) is 0 Å². The summed E-state index contributed by atoms with van der Waals surface area (Å²) in [5.41, 5.74) is 5.07. The molecule has 0 saturated carbocycles. The molecule has 0 aromatic carbocycles. The van der Waals surface area contributed by atoms with Crippen LogP contribution in [0.25, 0.3) is 0 Å². The molecule has 1 rings (SSSR count). The van der Waals surface area contributed by atoms with Crippen LogP contribution in [-0.4, -0.2) is 52.2 Å². The van der Waals surface area contributed by atoms with Crippen LogP contribution in [0.3, 0.4) is 0 Å². The maximum Gasteiger partial charge on any atom is 0.143 e. The van der Waals surface area contributed by atoms with Gasteiger partial charge in [0.05, 0.1) is 6.61 Å². The molecule has 6 nitrogen and oxygen atoms in total. The Kier molecular flexibility index (Phi) is 4.58. The lowest BCUT2D eigenvalue weighted by Gasteiger charge is -2.11. The van der Waals surface area contributed by atoms with Crippen molar-refractivity contribution in [3.05, 3.63) is 0 Å². The third kappa shape index (κ3) is 2.29. The summed E-state index contributed by atoms with van der Waals surface area (Å²) >= 11 is 0. The average molecular weight is 213 g/mol. The molecule has 0 radical (unpaired) electrons. The third-order valence-electron chi connectivity index (χ3n) is 1.85. The fourth-order valence-electron chi connectivity index (χ4n) is 1.16.